The molecule has 4 rings (SSSR count). The van der Waals surface area contributed by atoms with Crippen LogP contribution in [0.1, 0.15) is 5.56 Å². The predicted octanol–water partition coefficient (Wildman–Crippen LogP) is 4.53. The molecule has 1 amide bonds. The molecule has 0 bridgehead atoms. The highest BCUT2D eigenvalue weighted by atomic mass is 32.2. The summed E-state index contributed by atoms with van der Waals surface area (Å²) in [5, 5.41) is 12.3. The van der Waals surface area contributed by atoms with Crippen molar-refractivity contribution in [1.29, 1.82) is 0 Å². The van der Waals surface area contributed by atoms with Crippen molar-refractivity contribution in [3.05, 3.63) is 90.2 Å². The molecule has 33 heavy (non-hydrogen) atoms. The van der Waals surface area contributed by atoms with Gasteiger partial charge in [0.2, 0.25) is 5.91 Å². The van der Waals surface area contributed by atoms with E-state index in [1.165, 1.54) is 23.9 Å². The van der Waals surface area contributed by atoms with E-state index in [1.54, 1.807) is 19.2 Å². The molecule has 1 aromatic heterocycles. The molecule has 3 aromatic carbocycles. The Kier molecular flexibility index (Phi) is 7.36. The van der Waals surface area contributed by atoms with Crippen molar-refractivity contribution >= 4 is 17.7 Å². The molecule has 0 unspecified atom stereocenters. The largest absolute Gasteiger partial charge is 0.497 e. The number of methoxy groups -OCH3 is 1. The number of nitrogens with zero attached hydrogens (tertiary/aromatic N) is 3. The lowest BCUT2D eigenvalue weighted by atomic mass is 10.1. The van der Waals surface area contributed by atoms with Crippen LogP contribution in [0.5, 0.6) is 5.75 Å². The topological polar surface area (TPSA) is 69.0 Å². The molecule has 0 aliphatic rings. The number of carbonyl (C=O) groups is 1. The Morgan fingerprint density at radius 3 is 2.42 bits per heavy atom. The molecule has 1 N–H and O–H groups in total. The second-order valence-corrected chi connectivity index (χ2v) is 8.16. The van der Waals surface area contributed by atoms with Crippen LogP contribution in [0.2, 0.25) is 0 Å². The number of ether oxygens (including phenoxy) is 1. The highest BCUT2D eigenvalue weighted by molar-refractivity contribution is 7.99. The third kappa shape index (κ3) is 5.78. The van der Waals surface area contributed by atoms with Crippen molar-refractivity contribution in [2.75, 3.05) is 19.4 Å². The lowest BCUT2D eigenvalue weighted by Gasteiger charge is -2.11. The predicted molar refractivity (Wildman–Crippen MR) is 127 cm³/mol. The molecule has 0 spiro atoms. The number of carbonyl (C=O) groups excluding carboxylic acids is 1. The second-order valence-electron chi connectivity index (χ2n) is 7.22. The number of rotatable bonds is 9. The van der Waals surface area contributed by atoms with Crippen LogP contribution < -0.4 is 10.1 Å². The number of hydrogen-bond donors (Lipinski definition) is 1. The minimum atomic E-state index is -0.268. The van der Waals surface area contributed by atoms with E-state index < -0.39 is 0 Å². The molecule has 0 saturated heterocycles. The van der Waals surface area contributed by atoms with Gasteiger partial charge in [0.25, 0.3) is 0 Å². The third-order valence-corrected chi connectivity index (χ3v) is 5.91. The highest BCUT2D eigenvalue weighted by Crippen LogP contribution is 2.28. The van der Waals surface area contributed by atoms with Crippen LogP contribution in [0.3, 0.4) is 0 Å². The second kappa shape index (κ2) is 10.8. The van der Waals surface area contributed by atoms with E-state index in [0.717, 1.165) is 22.6 Å². The van der Waals surface area contributed by atoms with Gasteiger partial charge in [-0.15, -0.1) is 10.2 Å². The third-order valence-electron chi connectivity index (χ3n) is 4.98. The van der Waals surface area contributed by atoms with Gasteiger partial charge in [-0.3, -0.25) is 9.36 Å². The summed E-state index contributed by atoms with van der Waals surface area (Å²) in [6, 6.07) is 23.7. The van der Waals surface area contributed by atoms with Crippen LogP contribution in [0.25, 0.3) is 17.1 Å². The molecule has 8 heteroatoms. The van der Waals surface area contributed by atoms with Gasteiger partial charge in [-0.2, -0.15) is 0 Å². The average Bonchev–Trinajstić information content (AvgIpc) is 3.28. The molecule has 1 heterocycles. The van der Waals surface area contributed by atoms with Crippen molar-refractivity contribution in [3.63, 3.8) is 0 Å². The first-order chi connectivity index (χ1) is 16.1. The van der Waals surface area contributed by atoms with Crippen LogP contribution in [-0.2, 0) is 11.2 Å². The van der Waals surface area contributed by atoms with Gasteiger partial charge in [-0.1, -0.05) is 54.2 Å². The summed E-state index contributed by atoms with van der Waals surface area (Å²) in [6.45, 7) is 0.478. The Hall–Kier alpha value is -3.65. The maximum absolute atomic E-state index is 13.0. The summed E-state index contributed by atoms with van der Waals surface area (Å²) in [5.41, 5.74) is 2.77. The molecule has 0 aliphatic carbocycles. The van der Waals surface area contributed by atoms with Crippen molar-refractivity contribution in [1.82, 2.24) is 20.1 Å². The Labute approximate surface area is 195 Å². The zero-order chi connectivity index (χ0) is 23.0. The highest BCUT2D eigenvalue weighted by Gasteiger charge is 2.17. The molecule has 4 aromatic rings. The standard InChI is InChI=1S/C25H23FN4O2S/c1-32-22-13-11-21(12-14-22)30-24(19-5-3-2-4-6-19)28-29-25(30)33-17-23(31)27-16-15-18-7-9-20(26)10-8-18/h2-14H,15-17H2,1H3,(H,27,31). The monoisotopic (exact) mass is 462 g/mol. The Morgan fingerprint density at radius 2 is 1.73 bits per heavy atom. The molecular formula is C25H23FN4O2S. The molecule has 168 valence electrons. The first-order valence-electron chi connectivity index (χ1n) is 10.4. The SMILES string of the molecule is COc1ccc(-n2c(SCC(=O)NCCc3ccc(F)cc3)nnc2-c2ccccc2)cc1. The smallest absolute Gasteiger partial charge is 0.230 e. The number of benzene rings is 3. The number of halogens is 1. The quantitative estimate of drug-likeness (QED) is 0.370. The van der Waals surface area contributed by atoms with E-state index in [4.69, 9.17) is 4.74 Å². The molecule has 6 nitrogen and oxygen atoms in total. The van der Waals surface area contributed by atoms with Gasteiger partial charge < -0.3 is 10.1 Å². The van der Waals surface area contributed by atoms with Crippen LogP contribution in [0.15, 0.2) is 84.0 Å². The molecule has 0 atom stereocenters. The fourth-order valence-corrected chi connectivity index (χ4v) is 4.06. The average molecular weight is 463 g/mol. The summed E-state index contributed by atoms with van der Waals surface area (Å²) in [7, 11) is 1.62. The summed E-state index contributed by atoms with van der Waals surface area (Å²) in [5.74, 6) is 1.28. The van der Waals surface area contributed by atoms with E-state index >= 15 is 0 Å². The molecule has 0 fully saturated rings. The van der Waals surface area contributed by atoms with Gasteiger partial charge in [-0.25, -0.2) is 4.39 Å². The number of nitrogens with one attached hydrogen (secondary N) is 1. The number of amides is 1. The lowest BCUT2D eigenvalue weighted by molar-refractivity contribution is -0.118. The van der Waals surface area contributed by atoms with Crippen LogP contribution >= 0.6 is 11.8 Å². The Bertz CT molecular complexity index is 1200. The maximum Gasteiger partial charge on any atom is 0.230 e. The first-order valence-corrected chi connectivity index (χ1v) is 11.4. The van der Waals surface area contributed by atoms with Crippen molar-refractivity contribution < 1.29 is 13.9 Å². The number of thioether (sulfide) groups is 1. The van der Waals surface area contributed by atoms with E-state index in [9.17, 15) is 9.18 Å². The summed E-state index contributed by atoms with van der Waals surface area (Å²) < 4.78 is 20.2. The fraction of sp³-hybridized carbons (Fsp3) is 0.160. The molecule has 0 aliphatic heterocycles. The van der Waals surface area contributed by atoms with E-state index in [-0.39, 0.29) is 17.5 Å². The lowest BCUT2D eigenvalue weighted by Crippen LogP contribution is -2.27. The summed E-state index contributed by atoms with van der Waals surface area (Å²) >= 11 is 1.32. The number of hydrogen-bond acceptors (Lipinski definition) is 5. The minimum Gasteiger partial charge on any atom is -0.497 e. The minimum absolute atomic E-state index is 0.104. The van der Waals surface area contributed by atoms with E-state index in [2.05, 4.69) is 15.5 Å². The number of aromatic nitrogens is 3. The van der Waals surface area contributed by atoms with E-state index in [1.807, 2.05) is 59.2 Å². The van der Waals surface area contributed by atoms with Gasteiger partial charge in [0.05, 0.1) is 12.9 Å². The van der Waals surface area contributed by atoms with Crippen LogP contribution in [0.4, 0.5) is 4.39 Å². The van der Waals surface area contributed by atoms with E-state index in [0.29, 0.717) is 23.9 Å². The van der Waals surface area contributed by atoms with Crippen LogP contribution in [-0.4, -0.2) is 40.1 Å². The Morgan fingerprint density at radius 1 is 1.00 bits per heavy atom. The van der Waals surface area contributed by atoms with Crippen LogP contribution in [0, 0.1) is 5.82 Å². The summed E-state index contributed by atoms with van der Waals surface area (Å²) in [6.07, 6.45) is 0.636. The zero-order valence-corrected chi connectivity index (χ0v) is 18.9. The van der Waals surface area contributed by atoms with Gasteiger partial charge in [0.15, 0.2) is 11.0 Å². The molecule has 0 radical (unpaired) electrons. The van der Waals surface area contributed by atoms with Crippen molar-refractivity contribution in [2.24, 2.45) is 0 Å². The van der Waals surface area contributed by atoms with Crippen molar-refractivity contribution in [2.45, 2.75) is 11.6 Å². The normalized spacial score (nSPS) is 10.7. The van der Waals surface area contributed by atoms with Gasteiger partial charge >= 0.3 is 0 Å². The molecular weight excluding hydrogens is 439 g/mol. The Balaban J connectivity index is 1.46. The first kappa shape index (κ1) is 22.5. The maximum atomic E-state index is 13.0. The van der Waals surface area contributed by atoms with Crippen molar-refractivity contribution in [3.8, 4) is 22.8 Å². The molecule has 0 saturated carbocycles. The van der Waals surface area contributed by atoms with Gasteiger partial charge in [-0.05, 0) is 48.4 Å². The summed E-state index contributed by atoms with van der Waals surface area (Å²) in [4.78, 5) is 12.4. The fourth-order valence-electron chi connectivity index (χ4n) is 3.28. The zero-order valence-electron chi connectivity index (χ0n) is 18.1. The van der Waals surface area contributed by atoms with Gasteiger partial charge in [0.1, 0.15) is 11.6 Å². The van der Waals surface area contributed by atoms with Gasteiger partial charge in [0, 0.05) is 17.8 Å².